The van der Waals surface area contributed by atoms with Crippen molar-refractivity contribution in [1.29, 1.82) is 0 Å². The first-order valence-electron chi connectivity index (χ1n) is 6.06. The Hall–Kier alpha value is -1.23. The molecule has 19 heavy (non-hydrogen) atoms. The molecule has 0 bridgehead atoms. The van der Waals surface area contributed by atoms with E-state index in [1.165, 1.54) is 4.68 Å². The second kappa shape index (κ2) is 6.28. The molecule has 2 nitrogen and oxygen atoms in total. The van der Waals surface area contributed by atoms with Gasteiger partial charge >= 0.3 is 6.18 Å². The Kier molecular flexibility index (Phi) is 5.23. The lowest BCUT2D eigenvalue weighted by atomic mass is 10.2. The summed E-state index contributed by atoms with van der Waals surface area (Å²) in [7, 11) is 0. The van der Waals surface area contributed by atoms with Gasteiger partial charge in [0.1, 0.15) is 0 Å². The smallest absolute Gasteiger partial charge is 0.264 e. The number of hydrogen-bond acceptors (Lipinski definition) is 1. The van der Waals surface area contributed by atoms with Crippen LogP contribution in [0, 0.1) is 6.92 Å². The second-order valence-electron chi connectivity index (χ2n) is 3.84. The second-order valence-corrected chi connectivity index (χ2v) is 4.27. The van der Waals surface area contributed by atoms with Crippen LogP contribution < -0.4 is 0 Å². The zero-order valence-electron chi connectivity index (χ0n) is 11.1. The molecular weight excluding hydrogens is 277 g/mol. The van der Waals surface area contributed by atoms with E-state index in [9.17, 15) is 13.2 Å². The van der Waals surface area contributed by atoms with Gasteiger partial charge in [0.25, 0.3) is 0 Å². The highest BCUT2D eigenvalue weighted by Crippen LogP contribution is 2.25. The Balaban J connectivity index is 0.000000861. The highest BCUT2D eigenvalue weighted by molar-refractivity contribution is 6.31. The summed E-state index contributed by atoms with van der Waals surface area (Å²) in [5.74, 6) is 0. The average Bonchev–Trinajstić information content (AvgIpc) is 2.65. The SMILES string of the molecule is CC.Cc1nn(CCC(F)(F)F)c2ccc(Cl)cc12. The molecule has 0 fully saturated rings. The minimum absolute atomic E-state index is 0.171. The van der Waals surface area contributed by atoms with Crippen molar-refractivity contribution in [3.8, 4) is 0 Å². The third kappa shape index (κ3) is 4.13. The van der Waals surface area contributed by atoms with Crippen molar-refractivity contribution in [2.24, 2.45) is 0 Å². The fourth-order valence-electron chi connectivity index (χ4n) is 1.72. The molecular formula is C13H16ClF3N2. The molecule has 1 aromatic heterocycles. The molecule has 6 heteroatoms. The molecule has 0 aliphatic carbocycles. The Bertz CT molecular complexity index is 547. The summed E-state index contributed by atoms with van der Waals surface area (Å²) in [6.07, 6.45) is -5.05. The van der Waals surface area contributed by atoms with E-state index < -0.39 is 12.6 Å². The number of aromatic nitrogens is 2. The van der Waals surface area contributed by atoms with Gasteiger partial charge in [-0.1, -0.05) is 25.4 Å². The van der Waals surface area contributed by atoms with E-state index in [0.717, 1.165) is 5.39 Å². The van der Waals surface area contributed by atoms with Crippen LogP contribution in [0.3, 0.4) is 0 Å². The summed E-state index contributed by atoms with van der Waals surface area (Å²) in [6, 6.07) is 5.05. The molecule has 2 aromatic rings. The van der Waals surface area contributed by atoms with Gasteiger partial charge in [0.15, 0.2) is 0 Å². The van der Waals surface area contributed by atoms with Crippen LogP contribution in [0.4, 0.5) is 13.2 Å². The van der Waals surface area contributed by atoms with E-state index >= 15 is 0 Å². The van der Waals surface area contributed by atoms with Crippen LogP contribution in [0.25, 0.3) is 10.9 Å². The number of rotatable bonds is 2. The molecule has 0 radical (unpaired) electrons. The van der Waals surface area contributed by atoms with Gasteiger partial charge in [0.2, 0.25) is 0 Å². The fraction of sp³-hybridized carbons (Fsp3) is 0.462. The average molecular weight is 293 g/mol. The highest BCUT2D eigenvalue weighted by Gasteiger charge is 2.27. The van der Waals surface area contributed by atoms with Crippen LogP contribution in [0.1, 0.15) is 26.0 Å². The number of aryl methyl sites for hydroxylation is 2. The van der Waals surface area contributed by atoms with Gasteiger partial charge in [0, 0.05) is 10.4 Å². The number of alkyl halides is 3. The van der Waals surface area contributed by atoms with Crippen LogP contribution in [0.15, 0.2) is 18.2 Å². The maximum Gasteiger partial charge on any atom is 0.390 e. The third-order valence-electron chi connectivity index (χ3n) is 2.50. The van der Waals surface area contributed by atoms with Crippen molar-refractivity contribution >= 4 is 22.5 Å². The molecule has 0 aliphatic rings. The van der Waals surface area contributed by atoms with E-state index in [2.05, 4.69) is 5.10 Å². The van der Waals surface area contributed by atoms with E-state index in [4.69, 9.17) is 11.6 Å². The first kappa shape index (κ1) is 15.8. The summed E-state index contributed by atoms with van der Waals surface area (Å²) in [4.78, 5) is 0. The van der Waals surface area contributed by atoms with Crippen LogP contribution in [-0.2, 0) is 6.54 Å². The lowest BCUT2D eigenvalue weighted by Crippen LogP contribution is -2.13. The lowest BCUT2D eigenvalue weighted by molar-refractivity contribution is -0.137. The molecule has 2 rings (SSSR count). The van der Waals surface area contributed by atoms with E-state index in [-0.39, 0.29) is 6.54 Å². The van der Waals surface area contributed by atoms with Gasteiger partial charge in [-0.2, -0.15) is 18.3 Å². The maximum absolute atomic E-state index is 12.2. The van der Waals surface area contributed by atoms with Crippen molar-refractivity contribution in [1.82, 2.24) is 9.78 Å². The zero-order valence-corrected chi connectivity index (χ0v) is 11.8. The molecule has 0 amide bonds. The quantitative estimate of drug-likeness (QED) is 0.763. The highest BCUT2D eigenvalue weighted by atomic mass is 35.5. The maximum atomic E-state index is 12.2. The Morgan fingerprint density at radius 3 is 2.47 bits per heavy atom. The number of fused-ring (bicyclic) bond motifs is 1. The van der Waals surface area contributed by atoms with Crippen LogP contribution >= 0.6 is 11.6 Å². The molecule has 0 saturated carbocycles. The predicted octanol–water partition coefficient (Wildman–Crippen LogP) is 4.98. The predicted molar refractivity (Wildman–Crippen MR) is 71.5 cm³/mol. The van der Waals surface area contributed by atoms with Crippen LogP contribution in [-0.4, -0.2) is 16.0 Å². The first-order chi connectivity index (χ1) is 8.87. The summed E-state index contributed by atoms with van der Waals surface area (Å²) >= 11 is 5.83. The van der Waals surface area contributed by atoms with Crippen LogP contribution in [0.2, 0.25) is 5.02 Å². The van der Waals surface area contributed by atoms with E-state index in [0.29, 0.717) is 16.2 Å². The van der Waals surface area contributed by atoms with Gasteiger partial charge in [-0.25, -0.2) is 0 Å². The monoisotopic (exact) mass is 292 g/mol. The number of hydrogen-bond donors (Lipinski definition) is 0. The topological polar surface area (TPSA) is 17.8 Å². The van der Waals surface area contributed by atoms with Crippen molar-refractivity contribution in [2.75, 3.05) is 0 Å². The standard InChI is InChI=1S/C11H10ClF3N2.C2H6/c1-7-9-6-8(12)2-3-10(9)17(16-7)5-4-11(13,14)15;1-2/h2-3,6H,4-5H2,1H3;1-2H3. The molecule has 1 heterocycles. The third-order valence-corrected chi connectivity index (χ3v) is 2.74. The van der Waals surface area contributed by atoms with Crippen LogP contribution in [0.5, 0.6) is 0 Å². The van der Waals surface area contributed by atoms with Gasteiger partial charge in [-0.05, 0) is 25.1 Å². The Morgan fingerprint density at radius 2 is 1.89 bits per heavy atom. The van der Waals surface area contributed by atoms with Crippen molar-refractivity contribution in [3.05, 3.63) is 28.9 Å². The Morgan fingerprint density at radius 1 is 1.26 bits per heavy atom. The molecule has 0 aliphatic heterocycles. The molecule has 1 aromatic carbocycles. The summed E-state index contributed by atoms with van der Waals surface area (Å²) in [6.45, 7) is 5.58. The van der Waals surface area contributed by atoms with Gasteiger partial charge < -0.3 is 0 Å². The minimum Gasteiger partial charge on any atom is -0.264 e. The molecule has 0 unspecified atom stereocenters. The van der Waals surface area contributed by atoms with Crippen molar-refractivity contribution < 1.29 is 13.2 Å². The molecule has 106 valence electrons. The largest absolute Gasteiger partial charge is 0.390 e. The number of halogens is 4. The molecule has 0 saturated heterocycles. The summed E-state index contributed by atoms with van der Waals surface area (Å²) < 4.78 is 37.8. The van der Waals surface area contributed by atoms with Gasteiger partial charge in [-0.15, -0.1) is 0 Å². The Labute approximate surface area is 115 Å². The lowest BCUT2D eigenvalue weighted by Gasteiger charge is -2.06. The van der Waals surface area contributed by atoms with Crippen molar-refractivity contribution in [3.63, 3.8) is 0 Å². The number of benzene rings is 1. The summed E-state index contributed by atoms with van der Waals surface area (Å²) in [5, 5.41) is 5.44. The zero-order chi connectivity index (χ0) is 14.6. The van der Waals surface area contributed by atoms with Gasteiger partial charge in [0.05, 0.1) is 24.2 Å². The summed E-state index contributed by atoms with van der Waals surface area (Å²) in [5.41, 5.74) is 1.36. The van der Waals surface area contributed by atoms with Gasteiger partial charge in [-0.3, -0.25) is 4.68 Å². The van der Waals surface area contributed by atoms with Crippen molar-refractivity contribution in [2.45, 2.75) is 39.9 Å². The molecule has 0 atom stereocenters. The normalized spacial score (nSPS) is 11.3. The molecule has 0 N–H and O–H groups in total. The number of nitrogens with zero attached hydrogens (tertiary/aromatic N) is 2. The van der Waals surface area contributed by atoms with E-state index in [1.807, 2.05) is 13.8 Å². The fourth-order valence-corrected chi connectivity index (χ4v) is 1.89. The van der Waals surface area contributed by atoms with E-state index in [1.54, 1.807) is 25.1 Å². The minimum atomic E-state index is -4.17. The first-order valence-corrected chi connectivity index (χ1v) is 6.44. The molecule has 0 spiro atoms.